The molecule has 0 aliphatic rings. The molecule has 7 heteroatoms. The Morgan fingerprint density at radius 1 is 1.44 bits per heavy atom. The summed E-state index contributed by atoms with van der Waals surface area (Å²) in [7, 11) is 0. The molecule has 0 saturated carbocycles. The molecule has 0 atom stereocenters. The van der Waals surface area contributed by atoms with Gasteiger partial charge in [-0.3, -0.25) is 0 Å². The second-order valence-electron chi connectivity index (χ2n) is 3.40. The summed E-state index contributed by atoms with van der Waals surface area (Å²) in [6.45, 7) is -2.64. The van der Waals surface area contributed by atoms with Crippen molar-refractivity contribution in [3.05, 3.63) is 41.4 Å². The number of carboxylic acids is 1. The second kappa shape index (κ2) is 4.44. The van der Waals surface area contributed by atoms with Crippen molar-refractivity contribution >= 4 is 17.5 Å². The van der Waals surface area contributed by atoms with Crippen LogP contribution in [0.3, 0.4) is 0 Å². The molecule has 2 rings (SSSR count). The van der Waals surface area contributed by atoms with Crippen LogP contribution in [0.25, 0.3) is 0 Å². The molecule has 0 aliphatic heterocycles. The third kappa shape index (κ3) is 2.45. The van der Waals surface area contributed by atoms with Crippen LogP contribution < -0.4 is 5.32 Å². The van der Waals surface area contributed by atoms with Gasteiger partial charge in [0.25, 0.3) is 0 Å². The molecular weight excluding hydrogens is 244 g/mol. The first-order valence-electron chi connectivity index (χ1n) is 6.23. The standard InChI is InChI=1S/C11H9F2N3O2/c1-5-14-9(11(17)18)10(15-5)16-8-3-6(12)2-7(13)4-8/h2-4,16H,1H3,(H,14,15)(H,17,18)/i1T3. The summed E-state index contributed by atoms with van der Waals surface area (Å²) in [6.07, 6.45) is 0. The number of rotatable bonds is 3. The van der Waals surface area contributed by atoms with Gasteiger partial charge in [0.1, 0.15) is 23.3 Å². The third-order valence-corrected chi connectivity index (χ3v) is 2.04. The first kappa shape index (κ1) is 8.62. The minimum atomic E-state index is -2.64. The number of H-pyrrole nitrogens is 1. The molecule has 0 radical (unpaired) electrons. The lowest BCUT2D eigenvalue weighted by Gasteiger charge is -2.05. The van der Waals surface area contributed by atoms with E-state index in [1.54, 1.807) is 0 Å². The van der Waals surface area contributed by atoms with Crippen LogP contribution in [0.2, 0.25) is 0 Å². The van der Waals surface area contributed by atoms with Gasteiger partial charge in [-0.25, -0.2) is 18.6 Å². The third-order valence-electron chi connectivity index (χ3n) is 2.04. The maximum atomic E-state index is 13.1. The Kier molecular flexibility index (Phi) is 2.13. The number of carboxylic acid groups (broad SMARTS) is 1. The highest BCUT2D eigenvalue weighted by Gasteiger charge is 2.15. The van der Waals surface area contributed by atoms with Gasteiger partial charge in [0.05, 0.1) is 0 Å². The van der Waals surface area contributed by atoms with Gasteiger partial charge in [0.2, 0.25) is 0 Å². The smallest absolute Gasteiger partial charge is 0.358 e. The molecule has 5 nitrogen and oxygen atoms in total. The number of anilines is 2. The number of aryl methyl sites for hydroxylation is 1. The SMILES string of the molecule is [3H]C([3H])([3H])c1nc(C(=O)O)c(Nc2cc(F)cc(F)c2)[nH]1. The lowest BCUT2D eigenvalue weighted by molar-refractivity contribution is 0.0692. The second-order valence-corrected chi connectivity index (χ2v) is 3.40. The number of halogens is 2. The van der Waals surface area contributed by atoms with Crippen molar-refractivity contribution in [3.8, 4) is 0 Å². The number of hydrogen-bond acceptors (Lipinski definition) is 3. The number of nitrogens with one attached hydrogen (secondary N) is 2. The van der Waals surface area contributed by atoms with E-state index in [1.807, 2.05) is 0 Å². The highest BCUT2D eigenvalue weighted by molar-refractivity contribution is 5.92. The minimum absolute atomic E-state index is 0.0873. The summed E-state index contributed by atoms with van der Waals surface area (Å²) < 4.78 is 47.7. The molecule has 0 spiro atoms. The summed E-state index contributed by atoms with van der Waals surface area (Å²) in [5.41, 5.74) is -0.679. The summed E-state index contributed by atoms with van der Waals surface area (Å²) in [5, 5.41) is 11.4. The Bertz CT molecular complexity index is 680. The van der Waals surface area contributed by atoms with Gasteiger partial charge in [0.15, 0.2) is 5.69 Å². The summed E-state index contributed by atoms with van der Waals surface area (Å²) in [4.78, 5) is 16.8. The molecule has 0 bridgehead atoms. The molecular formula is C11H9F2N3O2. The van der Waals surface area contributed by atoms with Crippen molar-refractivity contribution in [3.63, 3.8) is 0 Å². The van der Waals surface area contributed by atoms with Gasteiger partial charge < -0.3 is 15.4 Å². The van der Waals surface area contributed by atoms with E-state index in [0.29, 0.717) is 6.07 Å². The van der Waals surface area contributed by atoms with E-state index in [-0.39, 0.29) is 11.5 Å². The number of aromatic carboxylic acids is 1. The normalized spacial score (nSPS) is 13.6. The molecule has 1 aromatic carbocycles. The van der Waals surface area contributed by atoms with Gasteiger partial charge in [-0.15, -0.1) is 0 Å². The Labute approximate surface area is 105 Å². The van der Waals surface area contributed by atoms with Crippen LogP contribution in [0.4, 0.5) is 20.3 Å². The maximum Gasteiger partial charge on any atom is 0.358 e. The van der Waals surface area contributed by atoms with Crippen LogP contribution in [-0.2, 0) is 0 Å². The number of benzene rings is 1. The fourth-order valence-electron chi connectivity index (χ4n) is 1.39. The molecule has 18 heavy (non-hydrogen) atoms. The van der Waals surface area contributed by atoms with Crippen LogP contribution in [0, 0.1) is 18.5 Å². The van der Waals surface area contributed by atoms with E-state index in [1.165, 1.54) is 0 Å². The van der Waals surface area contributed by atoms with Gasteiger partial charge in [0, 0.05) is 15.9 Å². The average Bonchev–Trinajstić information content (AvgIpc) is 2.71. The highest BCUT2D eigenvalue weighted by atomic mass is 19.1. The molecule has 1 aromatic heterocycles. The molecule has 0 fully saturated rings. The fraction of sp³-hybridized carbons (Fsp3) is 0.0909. The number of carbonyl (C=O) groups is 1. The van der Waals surface area contributed by atoms with Gasteiger partial charge in [-0.1, -0.05) is 0 Å². The Hall–Kier alpha value is -2.44. The van der Waals surface area contributed by atoms with Crippen LogP contribution in [0.1, 0.15) is 20.4 Å². The maximum absolute atomic E-state index is 13.1. The zero-order chi connectivity index (χ0) is 15.8. The predicted molar refractivity (Wildman–Crippen MR) is 59.9 cm³/mol. The van der Waals surface area contributed by atoms with Gasteiger partial charge in [-0.05, 0) is 19.0 Å². The molecule has 0 aliphatic carbocycles. The van der Waals surface area contributed by atoms with E-state index in [0.717, 1.165) is 12.1 Å². The Morgan fingerprint density at radius 3 is 2.67 bits per heavy atom. The van der Waals surface area contributed by atoms with E-state index in [4.69, 9.17) is 9.22 Å². The van der Waals surface area contributed by atoms with Crippen molar-refractivity contribution in [1.29, 1.82) is 0 Å². The minimum Gasteiger partial charge on any atom is -0.476 e. The fourth-order valence-corrected chi connectivity index (χ4v) is 1.39. The van der Waals surface area contributed by atoms with Crippen LogP contribution in [-0.4, -0.2) is 21.0 Å². The lowest BCUT2D eigenvalue weighted by Crippen LogP contribution is -2.02. The number of aromatic amines is 1. The number of imidazole rings is 1. The molecule has 0 unspecified atom stereocenters. The summed E-state index contributed by atoms with van der Waals surface area (Å²) >= 11 is 0. The monoisotopic (exact) mass is 259 g/mol. The predicted octanol–water partition coefficient (Wildman–Crippen LogP) is 2.44. The number of hydrogen-bond donors (Lipinski definition) is 3. The van der Waals surface area contributed by atoms with Crippen molar-refractivity contribution in [2.24, 2.45) is 0 Å². The zero-order valence-electron chi connectivity index (χ0n) is 11.8. The largest absolute Gasteiger partial charge is 0.476 e. The van der Waals surface area contributed by atoms with Crippen LogP contribution in [0.15, 0.2) is 18.2 Å². The van der Waals surface area contributed by atoms with E-state index >= 15 is 0 Å². The first-order chi connectivity index (χ1) is 9.66. The summed E-state index contributed by atoms with van der Waals surface area (Å²) in [6, 6.07) is 2.49. The molecule has 0 amide bonds. The lowest BCUT2D eigenvalue weighted by atomic mass is 10.3. The zero-order valence-corrected chi connectivity index (χ0v) is 8.79. The van der Waals surface area contributed by atoms with Gasteiger partial charge in [-0.2, -0.15) is 0 Å². The molecule has 3 N–H and O–H groups in total. The molecule has 94 valence electrons. The Balaban J connectivity index is 2.43. The summed E-state index contributed by atoms with van der Waals surface area (Å²) in [5.74, 6) is -4.05. The van der Waals surface area contributed by atoms with Crippen LogP contribution >= 0.6 is 0 Å². The van der Waals surface area contributed by atoms with Crippen molar-refractivity contribution in [2.45, 2.75) is 6.85 Å². The number of aromatic nitrogens is 2. The average molecular weight is 259 g/mol. The highest BCUT2D eigenvalue weighted by Crippen LogP contribution is 2.20. The Morgan fingerprint density at radius 2 is 2.11 bits per heavy atom. The molecule has 0 saturated heterocycles. The molecule has 1 heterocycles. The van der Waals surface area contributed by atoms with Crippen LogP contribution in [0.5, 0.6) is 0 Å². The molecule has 2 aromatic rings. The van der Waals surface area contributed by atoms with Crippen molar-refractivity contribution in [2.75, 3.05) is 5.32 Å². The van der Waals surface area contributed by atoms with E-state index < -0.39 is 36.0 Å². The number of nitrogens with zero attached hydrogens (tertiary/aromatic N) is 1. The van der Waals surface area contributed by atoms with Crippen molar-refractivity contribution < 1.29 is 22.8 Å². The van der Waals surface area contributed by atoms with E-state index in [2.05, 4.69) is 15.3 Å². The first-order valence-corrected chi connectivity index (χ1v) is 4.73. The van der Waals surface area contributed by atoms with Gasteiger partial charge >= 0.3 is 5.97 Å². The van der Waals surface area contributed by atoms with E-state index in [9.17, 15) is 13.6 Å². The van der Waals surface area contributed by atoms with Crippen molar-refractivity contribution in [1.82, 2.24) is 9.97 Å². The quantitative estimate of drug-likeness (QED) is 0.791. The topological polar surface area (TPSA) is 78.0 Å².